The molecular formula is C13H21NO2. The van der Waals surface area contributed by atoms with E-state index in [1.54, 1.807) is 7.11 Å². The van der Waals surface area contributed by atoms with E-state index in [0.717, 1.165) is 30.1 Å². The third-order valence-electron chi connectivity index (χ3n) is 2.38. The van der Waals surface area contributed by atoms with E-state index in [1.807, 2.05) is 18.2 Å². The highest BCUT2D eigenvalue weighted by molar-refractivity contribution is 5.38. The van der Waals surface area contributed by atoms with Crippen LogP contribution in [0.4, 0.5) is 0 Å². The molecule has 0 atom stereocenters. The van der Waals surface area contributed by atoms with Gasteiger partial charge in [0, 0.05) is 12.6 Å². The van der Waals surface area contributed by atoms with Crippen LogP contribution in [0, 0.1) is 5.92 Å². The molecule has 90 valence electrons. The molecule has 1 rings (SSSR count). The third kappa shape index (κ3) is 4.11. The van der Waals surface area contributed by atoms with E-state index in [9.17, 15) is 0 Å². The minimum Gasteiger partial charge on any atom is -0.497 e. The number of hydrogen-bond donors (Lipinski definition) is 1. The van der Waals surface area contributed by atoms with Crippen molar-refractivity contribution in [3.05, 3.63) is 23.8 Å². The molecule has 0 bridgehead atoms. The second-order valence-corrected chi connectivity index (χ2v) is 4.25. The van der Waals surface area contributed by atoms with Crippen LogP contribution in [0.25, 0.3) is 0 Å². The fourth-order valence-electron chi connectivity index (χ4n) is 1.36. The van der Waals surface area contributed by atoms with Gasteiger partial charge >= 0.3 is 0 Å². The van der Waals surface area contributed by atoms with Gasteiger partial charge in [-0.25, -0.2) is 0 Å². The van der Waals surface area contributed by atoms with E-state index >= 15 is 0 Å². The van der Waals surface area contributed by atoms with Gasteiger partial charge in [0.2, 0.25) is 0 Å². The molecule has 0 unspecified atom stereocenters. The second kappa shape index (κ2) is 6.38. The predicted octanol–water partition coefficient (Wildman–Crippen LogP) is 2.58. The summed E-state index contributed by atoms with van der Waals surface area (Å²) >= 11 is 0. The topological polar surface area (TPSA) is 44.5 Å². The largest absolute Gasteiger partial charge is 0.497 e. The molecule has 3 nitrogen and oxygen atoms in total. The van der Waals surface area contributed by atoms with Gasteiger partial charge in [-0.2, -0.15) is 0 Å². The number of benzene rings is 1. The minimum absolute atomic E-state index is 0.498. The molecule has 0 aliphatic heterocycles. The summed E-state index contributed by atoms with van der Waals surface area (Å²) in [4.78, 5) is 0. The predicted molar refractivity (Wildman–Crippen MR) is 65.8 cm³/mol. The maximum absolute atomic E-state index is 5.67. The number of rotatable bonds is 6. The van der Waals surface area contributed by atoms with Crippen molar-refractivity contribution in [2.75, 3.05) is 13.7 Å². The van der Waals surface area contributed by atoms with E-state index in [4.69, 9.17) is 15.2 Å². The molecule has 0 aliphatic carbocycles. The van der Waals surface area contributed by atoms with Crippen LogP contribution in [0.3, 0.4) is 0 Å². The first-order chi connectivity index (χ1) is 7.65. The van der Waals surface area contributed by atoms with Crippen LogP contribution in [0.2, 0.25) is 0 Å². The fourth-order valence-corrected chi connectivity index (χ4v) is 1.36. The van der Waals surface area contributed by atoms with Gasteiger partial charge in [0.1, 0.15) is 11.5 Å². The Morgan fingerprint density at radius 1 is 1.19 bits per heavy atom. The lowest BCUT2D eigenvalue weighted by molar-refractivity contribution is 0.287. The first-order valence-corrected chi connectivity index (χ1v) is 5.66. The Labute approximate surface area is 97.6 Å². The fraction of sp³-hybridized carbons (Fsp3) is 0.538. The van der Waals surface area contributed by atoms with Crippen molar-refractivity contribution in [1.29, 1.82) is 0 Å². The number of methoxy groups -OCH3 is 1. The molecule has 0 saturated heterocycles. The van der Waals surface area contributed by atoms with E-state index < -0.39 is 0 Å². The maximum atomic E-state index is 5.67. The Hall–Kier alpha value is -1.22. The first kappa shape index (κ1) is 12.8. The molecule has 0 heterocycles. The second-order valence-electron chi connectivity index (χ2n) is 4.25. The Kier molecular flexibility index (Phi) is 5.12. The van der Waals surface area contributed by atoms with Crippen LogP contribution in [0.1, 0.15) is 25.8 Å². The van der Waals surface area contributed by atoms with Gasteiger partial charge in [0.05, 0.1) is 13.7 Å². The molecule has 1 aromatic carbocycles. The molecule has 3 heteroatoms. The van der Waals surface area contributed by atoms with Crippen molar-refractivity contribution >= 4 is 0 Å². The highest BCUT2D eigenvalue weighted by Crippen LogP contribution is 2.22. The third-order valence-corrected chi connectivity index (χ3v) is 2.38. The Bertz CT molecular complexity index is 301. The van der Waals surface area contributed by atoms with Crippen LogP contribution in [-0.4, -0.2) is 13.7 Å². The maximum Gasteiger partial charge on any atom is 0.123 e. The Morgan fingerprint density at radius 2 is 1.88 bits per heavy atom. The molecular weight excluding hydrogens is 202 g/mol. The van der Waals surface area contributed by atoms with Crippen LogP contribution in [0.15, 0.2) is 18.2 Å². The van der Waals surface area contributed by atoms with Crippen LogP contribution in [-0.2, 0) is 6.54 Å². The van der Waals surface area contributed by atoms with Gasteiger partial charge in [-0.05, 0) is 30.0 Å². The summed E-state index contributed by atoms with van der Waals surface area (Å²) in [6.07, 6.45) is 1.05. The van der Waals surface area contributed by atoms with Gasteiger partial charge in [-0.3, -0.25) is 0 Å². The van der Waals surface area contributed by atoms with Crippen molar-refractivity contribution in [3.63, 3.8) is 0 Å². The molecule has 0 fully saturated rings. The van der Waals surface area contributed by atoms with Gasteiger partial charge in [-0.1, -0.05) is 13.8 Å². The average molecular weight is 223 g/mol. The number of nitrogens with two attached hydrogens (primary N) is 1. The van der Waals surface area contributed by atoms with E-state index in [0.29, 0.717) is 12.5 Å². The summed E-state index contributed by atoms with van der Waals surface area (Å²) in [5.41, 5.74) is 6.63. The van der Waals surface area contributed by atoms with E-state index in [2.05, 4.69) is 13.8 Å². The lowest BCUT2D eigenvalue weighted by Gasteiger charge is -2.11. The van der Waals surface area contributed by atoms with E-state index in [1.165, 1.54) is 0 Å². The first-order valence-electron chi connectivity index (χ1n) is 5.66. The molecule has 0 spiro atoms. The molecule has 2 N–H and O–H groups in total. The zero-order valence-corrected chi connectivity index (χ0v) is 10.3. The molecule has 0 saturated carbocycles. The zero-order valence-electron chi connectivity index (χ0n) is 10.3. The Morgan fingerprint density at radius 3 is 2.44 bits per heavy atom. The summed E-state index contributed by atoms with van der Waals surface area (Å²) in [6, 6.07) is 5.78. The molecule has 1 aromatic rings. The highest BCUT2D eigenvalue weighted by atomic mass is 16.5. The van der Waals surface area contributed by atoms with Gasteiger partial charge in [0.25, 0.3) is 0 Å². The van der Waals surface area contributed by atoms with Crippen molar-refractivity contribution in [2.45, 2.75) is 26.8 Å². The summed E-state index contributed by atoms with van der Waals surface area (Å²) in [7, 11) is 1.65. The smallest absolute Gasteiger partial charge is 0.123 e. The monoisotopic (exact) mass is 223 g/mol. The number of hydrogen-bond acceptors (Lipinski definition) is 3. The average Bonchev–Trinajstić information content (AvgIpc) is 2.28. The summed E-state index contributed by atoms with van der Waals surface area (Å²) in [5.74, 6) is 2.28. The SMILES string of the molecule is COc1cc(CN)cc(OCCC(C)C)c1. The van der Waals surface area contributed by atoms with Gasteiger partial charge < -0.3 is 15.2 Å². The van der Waals surface area contributed by atoms with Crippen molar-refractivity contribution < 1.29 is 9.47 Å². The lowest BCUT2D eigenvalue weighted by Crippen LogP contribution is -2.03. The van der Waals surface area contributed by atoms with Crippen molar-refractivity contribution in [2.24, 2.45) is 11.7 Å². The van der Waals surface area contributed by atoms with Crippen LogP contribution in [0.5, 0.6) is 11.5 Å². The quantitative estimate of drug-likeness (QED) is 0.806. The normalized spacial score (nSPS) is 10.6. The standard InChI is InChI=1S/C13H21NO2/c1-10(2)4-5-16-13-7-11(9-14)6-12(8-13)15-3/h6-8,10H,4-5,9,14H2,1-3H3. The lowest BCUT2D eigenvalue weighted by atomic mass is 10.1. The molecule has 0 aliphatic rings. The molecule has 16 heavy (non-hydrogen) atoms. The minimum atomic E-state index is 0.498. The zero-order chi connectivity index (χ0) is 12.0. The van der Waals surface area contributed by atoms with Crippen LogP contribution < -0.4 is 15.2 Å². The van der Waals surface area contributed by atoms with E-state index in [-0.39, 0.29) is 0 Å². The summed E-state index contributed by atoms with van der Waals surface area (Å²) in [6.45, 7) is 5.59. The molecule has 0 radical (unpaired) electrons. The van der Waals surface area contributed by atoms with Gasteiger partial charge in [0.15, 0.2) is 0 Å². The summed E-state index contributed by atoms with van der Waals surface area (Å²) < 4.78 is 10.9. The summed E-state index contributed by atoms with van der Waals surface area (Å²) in [5, 5.41) is 0. The number of ether oxygens (including phenoxy) is 2. The molecule has 0 aromatic heterocycles. The van der Waals surface area contributed by atoms with Crippen LogP contribution >= 0.6 is 0 Å². The Balaban J connectivity index is 2.64. The van der Waals surface area contributed by atoms with Crippen molar-refractivity contribution in [1.82, 2.24) is 0 Å². The van der Waals surface area contributed by atoms with Gasteiger partial charge in [-0.15, -0.1) is 0 Å². The van der Waals surface area contributed by atoms with Crippen molar-refractivity contribution in [3.8, 4) is 11.5 Å². The molecule has 0 amide bonds. The highest BCUT2D eigenvalue weighted by Gasteiger charge is 2.02.